The molecule has 2 aromatic rings. The Morgan fingerprint density at radius 1 is 1.09 bits per heavy atom. The van der Waals surface area contributed by atoms with Gasteiger partial charge in [-0.3, -0.25) is 9.59 Å². The Kier molecular flexibility index (Phi) is 3.33. The fourth-order valence-electron chi connectivity index (χ4n) is 2.40. The number of anilines is 2. The van der Waals surface area contributed by atoms with Crippen molar-refractivity contribution in [3.8, 4) is 5.75 Å². The van der Waals surface area contributed by atoms with Crippen LogP contribution in [0.5, 0.6) is 5.75 Å². The van der Waals surface area contributed by atoms with E-state index in [1.165, 1.54) is 11.8 Å². The molecule has 22 heavy (non-hydrogen) atoms. The van der Waals surface area contributed by atoms with Crippen molar-refractivity contribution < 1.29 is 14.3 Å². The van der Waals surface area contributed by atoms with Gasteiger partial charge in [-0.05, 0) is 31.2 Å². The average Bonchev–Trinajstić information content (AvgIpc) is 2.55. The molecule has 0 saturated carbocycles. The number of para-hydroxylation sites is 3. The Labute approximate surface area is 128 Å². The number of amides is 2. The standard InChI is InChI=1S/C17H16N2O3/c1-17(16(21)19(2)12-8-4-3-5-9-12)15(20)18-13-10-6-7-11-14(13)22-17/h3-11H,1-2H3,(H,18,20). The summed E-state index contributed by atoms with van der Waals surface area (Å²) in [5.41, 5.74) is -0.331. The van der Waals surface area contributed by atoms with Gasteiger partial charge < -0.3 is 15.0 Å². The molecule has 5 heteroatoms. The van der Waals surface area contributed by atoms with E-state index in [1.54, 1.807) is 43.4 Å². The minimum Gasteiger partial charge on any atom is -0.465 e. The van der Waals surface area contributed by atoms with E-state index in [0.717, 1.165) is 0 Å². The van der Waals surface area contributed by atoms with Crippen molar-refractivity contribution in [2.45, 2.75) is 12.5 Å². The number of carbonyl (C=O) groups is 2. The highest BCUT2D eigenvalue weighted by atomic mass is 16.5. The number of benzene rings is 2. The Morgan fingerprint density at radius 3 is 2.45 bits per heavy atom. The summed E-state index contributed by atoms with van der Waals surface area (Å²) in [7, 11) is 1.63. The molecule has 1 aliphatic rings. The molecule has 5 nitrogen and oxygen atoms in total. The zero-order chi connectivity index (χ0) is 15.7. The number of hydrogen-bond donors (Lipinski definition) is 1. The Morgan fingerprint density at radius 2 is 1.73 bits per heavy atom. The third-order valence-electron chi connectivity index (χ3n) is 3.74. The minimum atomic E-state index is -1.60. The molecule has 2 aromatic carbocycles. The molecular formula is C17H16N2O3. The van der Waals surface area contributed by atoms with Gasteiger partial charge in [0.2, 0.25) is 0 Å². The van der Waals surface area contributed by atoms with Crippen molar-refractivity contribution in [1.82, 2.24) is 0 Å². The van der Waals surface area contributed by atoms with Crippen LogP contribution in [-0.2, 0) is 9.59 Å². The van der Waals surface area contributed by atoms with Gasteiger partial charge in [-0.25, -0.2) is 0 Å². The van der Waals surface area contributed by atoms with Crippen LogP contribution in [-0.4, -0.2) is 24.5 Å². The molecule has 1 N–H and O–H groups in total. The number of nitrogens with zero attached hydrogens (tertiary/aromatic N) is 1. The van der Waals surface area contributed by atoms with E-state index in [-0.39, 0.29) is 0 Å². The molecule has 0 bridgehead atoms. The smallest absolute Gasteiger partial charge is 0.280 e. The maximum atomic E-state index is 12.8. The molecule has 1 unspecified atom stereocenters. The van der Waals surface area contributed by atoms with Crippen molar-refractivity contribution >= 4 is 23.2 Å². The molecule has 112 valence electrons. The van der Waals surface area contributed by atoms with E-state index in [0.29, 0.717) is 17.1 Å². The van der Waals surface area contributed by atoms with Crippen LogP contribution in [0.15, 0.2) is 54.6 Å². The molecule has 0 aliphatic carbocycles. The maximum absolute atomic E-state index is 12.8. The first-order valence-corrected chi connectivity index (χ1v) is 6.95. The zero-order valence-electron chi connectivity index (χ0n) is 12.4. The second-order valence-electron chi connectivity index (χ2n) is 5.29. The van der Waals surface area contributed by atoms with E-state index < -0.39 is 17.4 Å². The van der Waals surface area contributed by atoms with E-state index in [2.05, 4.69) is 5.32 Å². The molecule has 2 amide bonds. The van der Waals surface area contributed by atoms with Crippen molar-refractivity contribution in [2.75, 3.05) is 17.3 Å². The molecule has 1 heterocycles. The first-order chi connectivity index (χ1) is 10.5. The summed E-state index contributed by atoms with van der Waals surface area (Å²) in [4.78, 5) is 26.6. The Balaban J connectivity index is 1.93. The highest BCUT2D eigenvalue weighted by Gasteiger charge is 2.48. The molecular weight excluding hydrogens is 280 g/mol. The van der Waals surface area contributed by atoms with Gasteiger partial charge in [0, 0.05) is 12.7 Å². The van der Waals surface area contributed by atoms with Gasteiger partial charge in [0.25, 0.3) is 17.4 Å². The fourth-order valence-corrected chi connectivity index (χ4v) is 2.40. The predicted octanol–water partition coefficient (Wildman–Crippen LogP) is 2.44. The summed E-state index contributed by atoms with van der Waals surface area (Å²) in [5, 5.41) is 2.73. The first-order valence-electron chi connectivity index (χ1n) is 6.95. The van der Waals surface area contributed by atoms with Gasteiger partial charge in [0.1, 0.15) is 5.75 Å². The molecule has 1 atom stereocenters. The number of nitrogens with one attached hydrogen (secondary N) is 1. The molecule has 0 aromatic heterocycles. The second kappa shape index (κ2) is 5.18. The topological polar surface area (TPSA) is 58.6 Å². The normalized spacial score (nSPS) is 19.6. The number of rotatable bonds is 2. The quantitative estimate of drug-likeness (QED) is 0.866. The van der Waals surface area contributed by atoms with Crippen LogP contribution >= 0.6 is 0 Å². The van der Waals surface area contributed by atoms with Crippen LogP contribution in [0.3, 0.4) is 0 Å². The lowest BCUT2D eigenvalue weighted by Gasteiger charge is -2.35. The van der Waals surface area contributed by atoms with Crippen LogP contribution in [0.25, 0.3) is 0 Å². The lowest BCUT2D eigenvalue weighted by Crippen LogP contribution is -2.59. The van der Waals surface area contributed by atoms with E-state index >= 15 is 0 Å². The van der Waals surface area contributed by atoms with Gasteiger partial charge in [0.05, 0.1) is 5.69 Å². The third-order valence-corrected chi connectivity index (χ3v) is 3.74. The second-order valence-corrected chi connectivity index (χ2v) is 5.29. The van der Waals surface area contributed by atoms with Gasteiger partial charge in [-0.2, -0.15) is 0 Å². The van der Waals surface area contributed by atoms with Crippen molar-refractivity contribution in [3.05, 3.63) is 54.6 Å². The van der Waals surface area contributed by atoms with Crippen LogP contribution in [0.4, 0.5) is 11.4 Å². The van der Waals surface area contributed by atoms with Crippen LogP contribution < -0.4 is 15.0 Å². The third kappa shape index (κ3) is 2.20. The zero-order valence-corrected chi connectivity index (χ0v) is 12.4. The van der Waals surface area contributed by atoms with E-state index in [1.807, 2.05) is 18.2 Å². The highest BCUT2D eigenvalue weighted by Crippen LogP contribution is 2.34. The van der Waals surface area contributed by atoms with Crippen molar-refractivity contribution in [3.63, 3.8) is 0 Å². The molecule has 0 radical (unpaired) electrons. The number of hydrogen-bond acceptors (Lipinski definition) is 3. The average molecular weight is 296 g/mol. The van der Waals surface area contributed by atoms with Crippen molar-refractivity contribution in [1.29, 1.82) is 0 Å². The monoisotopic (exact) mass is 296 g/mol. The SMILES string of the molecule is CN(C(=O)C1(C)Oc2ccccc2NC1=O)c1ccccc1. The first kappa shape index (κ1) is 14.1. The maximum Gasteiger partial charge on any atom is 0.280 e. The highest BCUT2D eigenvalue weighted by molar-refractivity contribution is 6.19. The summed E-state index contributed by atoms with van der Waals surface area (Å²) in [6.45, 7) is 1.49. The van der Waals surface area contributed by atoms with Gasteiger partial charge in [-0.15, -0.1) is 0 Å². The van der Waals surface area contributed by atoms with Crippen LogP contribution in [0, 0.1) is 0 Å². The molecule has 0 saturated heterocycles. The van der Waals surface area contributed by atoms with Gasteiger partial charge >= 0.3 is 0 Å². The lowest BCUT2D eigenvalue weighted by molar-refractivity contribution is -0.144. The summed E-state index contributed by atoms with van der Waals surface area (Å²) in [6, 6.07) is 16.2. The summed E-state index contributed by atoms with van der Waals surface area (Å²) in [5.74, 6) is -0.413. The lowest BCUT2D eigenvalue weighted by atomic mass is 10.0. The van der Waals surface area contributed by atoms with Gasteiger partial charge in [0.15, 0.2) is 0 Å². The summed E-state index contributed by atoms with van der Waals surface area (Å²) >= 11 is 0. The number of carbonyl (C=O) groups excluding carboxylic acids is 2. The number of ether oxygens (including phenoxy) is 1. The molecule has 3 rings (SSSR count). The van der Waals surface area contributed by atoms with E-state index in [4.69, 9.17) is 4.74 Å². The molecule has 0 fully saturated rings. The van der Waals surface area contributed by atoms with Gasteiger partial charge in [-0.1, -0.05) is 30.3 Å². The van der Waals surface area contributed by atoms with E-state index in [9.17, 15) is 9.59 Å². The Bertz CT molecular complexity index is 730. The van der Waals surface area contributed by atoms with Crippen molar-refractivity contribution in [2.24, 2.45) is 0 Å². The Hall–Kier alpha value is -2.82. The summed E-state index contributed by atoms with van der Waals surface area (Å²) in [6.07, 6.45) is 0. The fraction of sp³-hybridized carbons (Fsp3) is 0.176. The summed E-state index contributed by atoms with van der Waals surface area (Å²) < 4.78 is 5.73. The largest absolute Gasteiger partial charge is 0.465 e. The predicted molar refractivity (Wildman–Crippen MR) is 84.0 cm³/mol. The van der Waals surface area contributed by atoms with Crippen LogP contribution in [0.2, 0.25) is 0 Å². The minimum absolute atomic E-state index is 0.425. The molecule has 0 spiro atoms. The number of fused-ring (bicyclic) bond motifs is 1. The molecule has 1 aliphatic heterocycles. The van der Waals surface area contributed by atoms with Crippen LogP contribution in [0.1, 0.15) is 6.92 Å². The number of likely N-dealkylation sites (N-methyl/N-ethyl adjacent to an activating group) is 1.